The summed E-state index contributed by atoms with van der Waals surface area (Å²) in [6.45, 7) is 3.61. The van der Waals surface area contributed by atoms with E-state index in [1.807, 2.05) is 6.07 Å². The standard InChI is InChI=1S/C14H21NO4/c1-9(2)19-14(16)8-11(15)10-5-6-12(17-3)13(7-10)18-4/h5-7,9,11H,8,15H2,1-4H3. The smallest absolute Gasteiger partial charge is 0.307 e. The molecule has 0 radical (unpaired) electrons. The van der Waals surface area contributed by atoms with E-state index in [4.69, 9.17) is 19.9 Å². The average Bonchev–Trinajstić information content (AvgIpc) is 2.36. The largest absolute Gasteiger partial charge is 0.493 e. The lowest BCUT2D eigenvalue weighted by Gasteiger charge is -2.15. The van der Waals surface area contributed by atoms with Crippen molar-refractivity contribution in [3.05, 3.63) is 23.8 Å². The highest BCUT2D eigenvalue weighted by Crippen LogP contribution is 2.30. The predicted octanol–water partition coefficient (Wildman–Crippen LogP) is 2.05. The van der Waals surface area contributed by atoms with E-state index in [-0.39, 0.29) is 18.5 Å². The first-order chi connectivity index (χ1) is 8.97. The number of esters is 1. The van der Waals surface area contributed by atoms with Crippen molar-refractivity contribution in [2.45, 2.75) is 32.4 Å². The lowest BCUT2D eigenvalue weighted by molar-refractivity contribution is -0.147. The van der Waals surface area contributed by atoms with Gasteiger partial charge in [0.2, 0.25) is 0 Å². The summed E-state index contributed by atoms with van der Waals surface area (Å²) in [6.07, 6.45) is -0.00156. The van der Waals surface area contributed by atoms with Crippen LogP contribution >= 0.6 is 0 Å². The molecule has 1 unspecified atom stereocenters. The van der Waals surface area contributed by atoms with Gasteiger partial charge >= 0.3 is 5.97 Å². The Hall–Kier alpha value is -1.75. The van der Waals surface area contributed by atoms with Crippen molar-refractivity contribution in [2.75, 3.05) is 14.2 Å². The van der Waals surface area contributed by atoms with Crippen LogP contribution in [0.25, 0.3) is 0 Å². The molecular weight excluding hydrogens is 246 g/mol. The molecule has 0 saturated carbocycles. The molecule has 1 atom stereocenters. The maximum Gasteiger partial charge on any atom is 0.307 e. The van der Waals surface area contributed by atoms with E-state index < -0.39 is 6.04 Å². The summed E-state index contributed by atoms with van der Waals surface area (Å²) in [5.41, 5.74) is 6.79. The average molecular weight is 267 g/mol. The predicted molar refractivity (Wildman–Crippen MR) is 72.3 cm³/mol. The topological polar surface area (TPSA) is 70.8 Å². The third kappa shape index (κ3) is 4.44. The second-order valence-corrected chi connectivity index (χ2v) is 4.46. The van der Waals surface area contributed by atoms with Gasteiger partial charge in [0.05, 0.1) is 26.7 Å². The lowest BCUT2D eigenvalue weighted by atomic mass is 10.0. The molecule has 1 rings (SSSR count). The van der Waals surface area contributed by atoms with E-state index >= 15 is 0 Å². The Balaban J connectivity index is 2.77. The van der Waals surface area contributed by atoms with E-state index in [1.54, 1.807) is 40.2 Å². The zero-order chi connectivity index (χ0) is 14.4. The maximum absolute atomic E-state index is 11.6. The number of nitrogens with two attached hydrogens (primary N) is 1. The zero-order valence-corrected chi connectivity index (χ0v) is 11.8. The summed E-state index contributed by atoms with van der Waals surface area (Å²) in [6, 6.07) is 4.92. The number of rotatable bonds is 6. The quantitative estimate of drug-likeness (QED) is 0.799. The molecule has 0 fully saturated rings. The molecule has 5 heteroatoms. The van der Waals surface area contributed by atoms with Crippen LogP contribution in [0.3, 0.4) is 0 Å². The van der Waals surface area contributed by atoms with Crippen molar-refractivity contribution in [1.29, 1.82) is 0 Å². The minimum Gasteiger partial charge on any atom is -0.493 e. The SMILES string of the molecule is COc1ccc(C(N)CC(=O)OC(C)C)cc1OC. The van der Waals surface area contributed by atoms with Gasteiger partial charge < -0.3 is 19.9 Å². The highest BCUT2D eigenvalue weighted by molar-refractivity contribution is 5.70. The highest BCUT2D eigenvalue weighted by atomic mass is 16.5. The number of carbonyl (C=O) groups is 1. The Morgan fingerprint density at radius 3 is 2.37 bits per heavy atom. The van der Waals surface area contributed by atoms with Crippen LogP contribution in [0.5, 0.6) is 11.5 Å². The number of methoxy groups -OCH3 is 2. The first kappa shape index (κ1) is 15.3. The number of ether oxygens (including phenoxy) is 3. The van der Waals surface area contributed by atoms with Gasteiger partial charge in [-0.1, -0.05) is 6.07 Å². The fraction of sp³-hybridized carbons (Fsp3) is 0.500. The van der Waals surface area contributed by atoms with E-state index in [2.05, 4.69) is 0 Å². The monoisotopic (exact) mass is 267 g/mol. The first-order valence-electron chi connectivity index (χ1n) is 6.15. The molecule has 0 aromatic heterocycles. The molecule has 0 spiro atoms. The number of hydrogen-bond acceptors (Lipinski definition) is 5. The van der Waals surface area contributed by atoms with Crippen molar-refractivity contribution in [3.63, 3.8) is 0 Å². The Labute approximate surface area is 113 Å². The normalized spacial score (nSPS) is 12.1. The van der Waals surface area contributed by atoms with Gasteiger partial charge in [-0.15, -0.1) is 0 Å². The summed E-state index contributed by atoms with van der Waals surface area (Å²) in [5, 5.41) is 0. The Morgan fingerprint density at radius 2 is 1.84 bits per heavy atom. The molecule has 19 heavy (non-hydrogen) atoms. The zero-order valence-electron chi connectivity index (χ0n) is 11.8. The molecule has 1 aromatic rings. The second-order valence-electron chi connectivity index (χ2n) is 4.46. The van der Waals surface area contributed by atoms with Crippen LogP contribution in [0.2, 0.25) is 0 Å². The van der Waals surface area contributed by atoms with Crippen LogP contribution in [0.15, 0.2) is 18.2 Å². The van der Waals surface area contributed by atoms with Crippen molar-refractivity contribution < 1.29 is 19.0 Å². The summed E-state index contributed by atoms with van der Waals surface area (Å²) >= 11 is 0. The van der Waals surface area contributed by atoms with Crippen LogP contribution in [0.1, 0.15) is 31.9 Å². The minimum atomic E-state index is -0.425. The van der Waals surface area contributed by atoms with Crippen molar-refractivity contribution >= 4 is 5.97 Å². The minimum absolute atomic E-state index is 0.133. The molecule has 0 aliphatic rings. The van der Waals surface area contributed by atoms with Crippen molar-refractivity contribution in [3.8, 4) is 11.5 Å². The molecule has 5 nitrogen and oxygen atoms in total. The van der Waals surface area contributed by atoms with Crippen LogP contribution in [-0.2, 0) is 9.53 Å². The molecule has 0 amide bonds. The molecule has 106 valence electrons. The van der Waals surface area contributed by atoms with Crippen LogP contribution in [0.4, 0.5) is 0 Å². The maximum atomic E-state index is 11.6. The molecule has 0 saturated heterocycles. The molecule has 0 aliphatic heterocycles. The number of carbonyl (C=O) groups excluding carboxylic acids is 1. The van der Waals surface area contributed by atoms with Gasteiger partial charge in [0.25, 0.3) is 0 Å². The van der Waals surface area contributed by atoms with E-state index in [0.29, 0.717) is 11.5 Å². The Bertz CT molecular complexity index is 431. The molecule has 1 aromatic carbocycles. The summed E-state index contributed by atoms with van der Waals surface area (Å²) < 4.78 is 15.4. The fourth-order valence-electron chi connectivity index (χ4n) is 1.69. The van der Waals surface area contributed by atoms with Crippen LogP contribution in [0, 0.1) is 0 Å². The van der Waals surface area contributed by atoms with Gasteiger partial charge in [0.1, 0.15) is 0 Å². The third-order valence-electron chi connectivity index (χ3n) is 2.59. The molecule has 0 heterocycles. The Kier molecular flexibility index (Phi) is 5.63. The van der Waals surface area contributed by atoms with Gasteiger partial charge in [-0.05, 0) is 31.5 Å². The van der Waals surface area contributed by atoms with Gasteiger partial charge in [0, 0.05) is 6.04 Å². The third-order valence-corrected chi connectivity index (χ3v) is 2.59. The van der Waals surface area contributed by atoms with Crippen LogP contribution in [-0.4, -0.2) is 26.3 Å². The molecule has 0 bridgehead atoms. The highest BCUT2D eigenvalue weighted by Gasteiger charge is 2.15. The van der Waals surface area contributed by atoms with Gasteiger partial charge in [-0.2, -0.15) is 0 Å². The van der Waals surface area contributed by atoms with Gasteiger partial charge in [0.15, 0.2) is 11.5 Å². The summed E-state index contributed by atoms with van der Waals surface area (Å²) in [7, 11) is 3.12. The first-order valence-corrected chi connectivity index (χ1v) is 6.15. The lowest BCUT2D eigenvalue weighted by Crippen LogP contribution is -2.19. The molecular formula is C14H21NO4. The summed E-state index contributed by atoms with van der Waals surface area (Å²) in [4.78, 5) is 11.6. The van der Waals surface area contributed by atoms with E-state index in [0.717, 1.165) is 5.56 Å². The van der Waals surface area contributed by atoms with Crippen molar-refractivity contribution in [2.24, 2.45) is 5.73 Å². The van der Waals surface area contributed by atoms with Crippen LogP contribution < -0.4 is 15.2 Å². The Morgan fingerprint density at radius 1 is 1.21 bits per heavy atom. The van der Waals surface area contributed by atoms with E-state index in [9.17, 15) is 4.79 Å². The van der Waals surface area contributed by atoms with E-state index in [1.165, 1.54) is 0 Å². The molecule has 0 aliphatic carbocycles. The number of hydrogen-bond donors (Lipinski definition) is 1. The van der Waals surface area contributed by atoms with Crippen molar-refractivity contribution in [1.82, 2.24) is 0 Å². The van der Waals surface area contributed by atoms with Gasteiger partial charge in [-0.25, -0.2) is 0 Å². The summed E-state index contributed by atoms with van der Waals surface area (Å²) in [5.74, 6) is 0.910. The number of benzene rings is 1. The van der Waals surface area contributed by atoms with Gasteiger partial charge in [-0.3, -0.25) is 4.79 Å². The molecule has 2 N–H and O–H groups in total. The fourth-order valence-corrected chi connectivity index (χ4v) is 1.69. The second kappa shape index (κ2) is 6.99.